The lowest BCUT2D eigenvalue weighted by Gasteiger charge is -2.32. The molecule has 0 aromatic heterocycles. The summed E-state index contributed by atoms with van der Waals surface area (Å²) >= 11 is 0. The van der Waals surface area contributed by atoms with Crippen molar-refractivity contribution < 1.29 is 19.2 Å². The normalized spacial score (nSPS) is 21.3. The first-order valence-electron chi connectivity index (χ1n) is 11.2. The van der Waals surface area contributed by atoms with Crippen LogP contribution in [0.1, 0.15) is 52.5 Å². The van der Waals surface area contributed by atoms with Crippen molar-refractivity contribution in [1.82, 2.24) is 15.1 Å². The average molecular weight is 440 g/mol. The number of allylic oxidation sites excluding steroid dienone is 2. The number of benzene rings is 1. The van der Waals surface area contributed by atoms with Gasteiger partial charge in [-0.05, 0) is 46.1 Å². The summed E-state index contributed by atoms with van der Waals surface area (Å²) in [4.78, 5) is 54.2. The number of likely N-dealkylation sites (tertiary alicyclic amines) is 1. The molecule has 172 valence electrons. The third kappa shape index (κ3) is 5.44. The van der Waals surface area contributed by atoms with Gasteiger partial charge in [-0.2, -0.15) is 0 Å². The first-order valence-corrected chi connectivity index (χ1v) is 11.2. The number of hydrogen-bond acceptors (Lipinski definition) is 4. The molecule has 1 aromatic carbocycles. The summed E-state index contributed by atoms with van der Waals surface area (Å²) in [5.41, 5.74) is 0.479. The van der Waals surface area contributed by atoms with Gasteiger partial charge in [0.05, 0.1) is 11.8 Å². The van der Waals surface area contributed by atoms with Crippen molar-refractivity contribution in [2.75, 3.05) is 6.54 Å². The molecule has 7 nitrogen and oxygen atoms in total. The third-order valence-electron chi connectivity index (χ3n) is 6.01. The van der Waals surface area contributed by atoms with Crippen LogP contribution in [0.15, 0.2) is 42.5 Å². The Kier molecular flexibility index (Phi) is 7.16. The molecule has 0 unspecified atom stereocenters. The van der Waals surface area contributed by atoms with Crippen molar-refractivity contribution in [2.45, 2.75) is 65.1 Å². The van der Waals surface area contributed by atoms with Gasteiger partial charge in [-0.25, -0.2) is 0 Å². The second-order valence-corrected chi connectivity index (χ2v) is 9.66. The van der Waals surface area contributed by atoms with Crippen molar-refractivity contribution >= 4 is 23.6 Å². The molecule has 1 saturated heterocycles. The quantitative estimate of drug-likeness (QED) is 0.523. The first kappa shape index (κ1) is 23.7. The van der Waals surface area contributed by atoms with Crippen molar-refractivity contribution in [3.63, 3.8) is 0 Å². The van der Waals surface area contributed by atoms with Gasteiger partial charge in [-0.3, -0.25) is 24.1 Å². The van der Waals surface area contributed by atoms with Crippen LogP contribution in [0.5, 0.6) is 0 Å². The smallest absolute Gasteiger partial charge is 0.242 e. The molecule has 1 N–H and O–H groups in total. The zero-order chi connectivity index (χ0) is 23.5. The number of amides is 4. The highest BCUT2D eigenvalue weighted by atomic mass is 16.2. The molecule has 7 heteroatoms. The standard InChI is InChI=1S/C25H33N3O4/c1-17(22(30)26-25(2,3)4)28(16-18-10-6-5-7-11-18)21(29)14-15-27-23(31)19-12-8-9-13-20(19)24(27)32/h5-11,17,19-20H,12-16H2,1-4H3,(H,26,30)/t17-,19-,20+/m1/s1. The summed E-state index contributed by atoms with van der Waals surface area (Å²) in [5.74, 6) is -1.50. The van der Waals surface area contributed by atoms with E-state index in [1.807, 2.05) is 63.3 Å². The number of imide groups is 1. The van der Waals surface area contributed by atoms with Crippen LogP contribution < -0.4 is 5.32 Å². The topological polar surface area (TPSA) is 86.8 Å². The van der Waals surface area contributed by atoms with Crippen LogP contribution in [-0.4, -0.2) is 51.6 Å². The fourth-order valence-electron chi connectivity index (χ4n) is 4.28. The van der Waals surface area contributed by atoms with E-state index in [4.69, 9.17) is 0 Å². The molecule has 1 aliphatic carbocycles. The highest BCUT2D eigenvalue weighted by Crippen LogP contribution is 2.35. The van der Waals surface area contributed by atoms with Crippen LogP contribution in [0.2, 0.25) is 0 Å². The Hall–Kier alpha value is -2.96. The van der Waals surface area contributed by atoms with E-state index in [-0.39, 0.29) is 55.0 Å². The molecule has 1 fully saturated rings. The monoisotopic (exact) mass is 439 g/mol. The molecule has 1 aromatic rings. The lowest BCUT2D eigenvalue weighted by atomic mass is 9.85. The van der Waals surface area contributed by atoms with Gasteiger partial charge in [0.25, 0.3) is 0 Å². The maximum Gasteiger partial charge on any atom is 0.242 e. The number of carbonyl (C=O) groups is 4. The van der Waals surface area contributed by atoms with Gasteiger partial charge in [0.1, 0.15) is 6.04 Å². The van der Waals surface area contributed by atoms with E-state index in [9.17, 15) is 19.2 Å². The Morgan fingerprint density at radius 3 is 2.16 bits per heavy atom. The molecule has 1 aliphatic heterocycles. The zero-order valence-electron chi connectivity index (χ0n) is 19.3. The van der Waals surface area contributed by atoms with Gasteiger partial charge in [0.2, 0.25) is 23.6 Å². The number of carbonyl (C=O) groups excluding carboxylic acids is 4. The summed E-state index contributed by atoms with van der Waals surface area (Å²) in [6.45, 7) is 7.69. The van der Waals surface area contributed by atoms with Crippen molar-refractivity contribution in [2.24, 2.45) is 11.8 Å². The minimum atomic E-state index is -0.696. The Morgan fingerprint density at radius 2 is 1.62 bits per heavy atom. The zero-order valence-corrected chi connectivity index (χ0v) is 19.3. The van der Waals surface area contributed by atoms with Crippen molar-refractivity contribution in [3.05, 3.63) is 48.0 Å². The SMILES string of the molecule is C[C@H](C(=O)NC(C)(C)C)N(Cc1ccccc1)C(=O)CCN1C(=O)[C@H]2CC=CC[C@H]2C1=O. The molecular formula is C25H33N3O4. The second-order valence-electron chi connectivity index (χ2n) is 9.66. The third-order valence-corrected chi connectivity index (χ3v) is 6.01. The van der Waals surface area contributed by atoms with Gasteiger partial charge >= 0.3 is 0 Å². The molecule has 0 bridgehead atoms. The summed E-state index contributed by atoms with van der Waals surface area (Å²) in [5, 5.41) is 2.93. The Morgan fingerprint density at radius 1 is 1.06 bits per heavy atom. The Labute approximate surface area is 189 Å². The van der Waals surface area contributed by atoms with Crippen molar-refractivity contribution in [3.8, 4) is 0 Å². The van der Waals surface area contributed by atoms with Crippen LogP contribution in [0.25, 0.3) is 0 Å². The summed E-state index contributed by atoms with van der Waals surface area (Å²) in [6.07, 6.45) is 5.02. The van der Waals surface area contributed by atoms with Gasteiger partial charge in [-0.15, -0.1) is 0 Å². The molecule has 1 heterocycles. The molecule has 32 heavy (non-hydrogen) atoms. The van der Waals surface area contributed by atoms with E-state index >= 15 is 0 Å². The highest BCUT2D eigenvalue weighted by Gasteiger charge is 2.47. The molecule has 0 radical (unpaired) electrons. The van der Waals surface area contributed by atoms with E-state index in [1.165, 1.54) is 9.80 Å². The van der Waals surface area contributed by atoms with Crippen molar-refractivity contribution in [1.29, 1.82) is 0 Å². The second kappa shape index (κ2) is 9.67. The summed E-state index contributed by atoms with van der Waals surface area (Å²) < 4.78 is 0. The molecular weight excluding hydrogens is 406 g/mol. The van der Waals surface area contributed by atoms with E-state index in [0.29, 0.717) is 12.8 Å². The lowest BCUT2D eigenvalue weighted by Crippen LogP contribution is -2.52. The van der Waals surface area contributed by atoms with Crippen LogP contribution in [-0.2, 0) is 25.7 Å². The van der Waals surface area contributed by atoms with Crippen LogP contribution >= 0.6 is 0 Å². The lowest BCUT2D eigenvalue weighted by molar-refractivity contribution is -0.144. The molecule has 0 spiro atoms. The van der Waals surface area contributed by atoms with E-state index in [2.05, 4.69) is 5.32 Å². The number of hydrogen-bond donors (Lipinski definition) is 1. The predicted octanol–water partition coefficient (Wildman–Crippen LogP) is 2.66. The average Bonchev–Trinajstić information content (AvgIpc) is 2.99. The van der Waals surface area contributed by atoms with E-state index < -0.39 is 11.6 Å². The van der Waals surface area contributed by atoms with Gasteiger partial charge in [0, 0.05) is 25.0 Å². The molecule has 3 rings (SSSR count). The van der Waals surface area contributed by atoms with Gasteiger partial charge < -0.3 is 10.2 Å². The Bertz CT molecular complexity index is 878. The summed E-state index contributed by atoms with van der Waals surface area (Å²) in [7, 11) is 0. The van der Waals surface area contributed by atoms with Crippen LogP contribution in [0, 0.1) is 11.8 Å². The maximum absolute atomic E-state index is 13.2. The minimum Gasteiger partial charge on any atom is -0.350 e. The van der Waals surface area contributed by atoms with Crippen LogP contribution in [0.4, 0.5) is 0 Å². The van der Waals surface area contributed by atoms with E-state index in [1.54, 1.807) is 6.92 Å². The largest absolute Gasteiger partial charge is 0.350 e. The highest BCUT2D eigenvalue weighted by molar-refractivity contribution is 6.05. The molecule has 4 amide bonds. The number of nitrogens with zero attached hydrogens (tertiary/aromatic N) is 2. The van der Waals surface area contributed by atoms with Gasteiger partial charge in [-0.1, -0.05) is 42.5 Å². The minimum absolute atomic E-state index is 0.00960. The van der Waals surface area contributed by atoms with Gasteiger partial charge in [0.15, 0.2) is 0 Å². The fourth-order valence-corrected chi connectivity index (χ4v) is 4.28. The van der Waals surface area contributed by atoms with E-state index in [0.717, 1.165) is 5.56 Å². The maximum atomic E-state index is 13.2. The molecule has 0 saturated carbocycles. The number of fused-ring (bicyclic) bond motifs is 1. The molecule has 2 aliphatic rings. The first-order chi connectivity index (χ1) is 15.1. The summed E-state index contributed by atoms with van der Waals surface area (Å²) in [6, 6.07) is 8.77. The fraction of sp³-hybridized carbons (Fsp3) is 0.520. The Balaban J connectivity index is 1.71. The molecule has 3 atom stereocenters. The van der Waals surface area contributed by atoms with Crippen LogP contribution in [0.3, 0.4) is 0 Å². The number of rotatable bonds is 7. The predicted molar refractivity (Wildman–Crippen MR) is 121 cm³/mol. The number of nitrogens with one attached hydrogen (secondary N) is 1.